The molecule has 5 heteroatoms. The summed E-state index contributed by atoms with van der Waals surface area (Å²) >= 11 is 0. The van der Waals surface area contributed by atoms with E-state index in [1.807, 2.05) is 6.07 Å². The van der Waals surface area contributed by atoms with E-state index in [4.69, 9.17) is 12.7 Å². The third-order valence-electron chi connectivity index (χ3n) is 2.38. The van der Waals surface area contributed by atoms with E-state index in [9.17, 15) is 0 Å². The summed E-state index contributed by atoms with van der Waals surface area (Å²) in [6.45, 7) is -3.89. The maximum absolute atomic E-state index is 7.98. The molecule has 1 aliphatic heterocycles. The molecule has 2 aromatic rings. The average molecular weight is 232 g/mol. The lowest BCUT2D eigenvalue weighted by Crippen LogP contribution is -2.29. The second kappa shape index (κ2) is 4.03. The van der Waals surface area contributed by atoms with Gasteiger partial charge in [0.15, 0.2) is 13.0 Å². The molecule has 1 aliphatic rings. The van der Waals surface area contributed by atoms with Crippen molar-refractivity contribution in [2.24, 2.45) is 0 Å². The van der Waals surface area contributed by atoms with E-state index in [0.29, 0.717) is 21.9 Å². The third-order valence-corrected chi connectivity index (χ3v) is 2.38. The normalized spacial score (nSPS) is 27.2. The van der Waals surface area contributed by atoms with Crippen molar-refractivity contribution in [1.29, 1.82) is 0 Å². The lowest BCUT2D eigenvalue weighted by atomic mass is 10.1. The van der Waals surface area contributed by atoms with E-state index in [1.54, 1.807) is 24.3 Å². The highest BCUT2D eigenvalue weighted by Gasteiger charge is 2.15. The maximum atomic E-state index is 7.98. The summed E-state index contributed by atoms with van der Waals surface area (Å²) < 4.78 is 38.9. The Balaban J connectivity index is 2.19. The van der Waals surface area contributed by atoms with Gasteiger partial charge in [0.1, 0.15) is 7.11 Å². The van der Waals surface area contributed by atoms with Gasteiger partial charge in [-0.3, -0.25) is 5.31 Å². The van der Waals surface area contributed by atoms with Crippen LogP contribution in [0.5, 0.6) is 0 Å². The number of nitrogens with two attached hydrogens (primary N) is 1. The van der Waals surface area contributed by atoms with E-state index in [2.05, 4.69) is 9.97 Å². The summed E-state index contributed by atoms with van der Waals surface area (Å²) in [5, 5.41) is 0.778. The molecule has 1 unspecified atom stereocenters. The van der Waals surface area contributed by atoms with Crippen LogP contribution < -0.4 is 16.4 Å². The van der Waals surface area contributed by atoms with E-state index in [0.717, 1.165) is 0 Å². The number of hydrogen-bond acceptors (Lipinski definition) is 5. The highest BCUT2D eigenvalue weighted by atomic mass is 15.2. The van der Waals surface area contributed by atoms with Gasteiger partial charge < -0.3 is 11.0 Å². The molecule has 0 aliphatic carbocycles. The van der Waals surface area contributed by atoms with Crippen LogP contribution in [0.4, 0.5) is 11.6 Å². The number of nitrogen functional groups attached to an aromatic ring is 1. The van der Waals surface area contributed by atoms with Crippen LogP contribution in [0.3, 0.4) is 0 Å². The highest BCUT2D eigenvalue weighted by molar-refractivity contribution is 5.71. The summed E-state index contributed by atoms with van der Waals surface area (Å²) in [5.41, 5.74) is 6.95. The van der Waals surface area contributed by atoms with Crippen LogP contribution in [0.1, 0.15) is 9.81 Å². The lowest BCUT2D eigenvalue weighted by molar-refractivity contribution is 0.684. The largest absolute Gasteiger partial charge is 0.382 e. The molecule has 1 aromatic carbocycles. The highest BCUT2D eigenvalue weighted by Crippen LogP contribution is 2.25. The van der Waals surface area contributed by atoms with Gasteiger partial charge in [0.05, 0.1) is 15.1 Å². The van der Waals surface area contributed by atoms with Crippen LogP contribution in [-0.2, 0) is 6.52 Å². The standard InChI is InChI=1S/C12H13N5/c13-11-10(8-4-2-1-3-5-8)16-9-6-14-7-15-12(9)17-11/h1-5,14H,6-7H2,(H3,13,15,17)/i6D,7D2/hD2. The van der Waals surface area contributed by atoms with Gasteiger partial charge in [0, 0.05) is 13.5 Å². The number of fused-ring (bicyclic) bond motifs is 1. The van der Waals surface area contributed by atoms with Crippen molar-refractivity contribution in [2.45, 2.75) is 6.52 Å². The molecule has 0 saturated heterocycles. The number of benzene rings is 1. The van der Waals surface area contributed by atoms with Crippen molar-refractivity contribution in [3.8, 4) is 11.3 Å². The smallest absolute Gasteiger partial charge is 0.163 e. The summed E-state index contributed by atoms with van der Waals surface area (Å²) in [4.78, 5) is 8.30. The predicted octanol–water partition coefficient (Wildman–Crippen LogP) is 1.20. The fourth-order valence-electron chi connectivity index (χ4n) is 1.60. The number of rotatable bonds is 1. The van der Waals surface area contributed by atoms with Crippen LogP contribution in [0.2, 0.25) is 2.82 Å². The average Bonchev–Trinajstić information content (AvgIpc) is 2.52. The Labute approximate surface area is 106 Å². The van der Waals surface area contributed by atoms with Crippen molar-refractivity contribution in [3.05, 3.63) is 36.0 Å². The zero-order valence-corrected chi connectivity index (χ0v) is 8.83. The quantitative estimate of drug-likeness (QED) is 0.688. The van der Waals surface area contributed by atoms with Crippen LogP contribution in [0, 0.1) is 0 Å². The Morgan fingerprint density at radius 2 is 2.12 bits per heavy atom. The molecule has 2 heterocycles. The van der Waals surface area contributed by atoms with Gasteiger partial charge in [0.2, 0.25) is 0 Å². The monoisotopic (exact) mass is 232 g/mol. The van der Waals surface area contributed by atoms with Crippen LogP contribution in [-0.4, -0.2) is 16.6 Å². The van der Waals surface area contributed by atoms with E-state index in [1.165, 1.54) is 0 Å². The fraction of sp³-hybridized carbons (Fsp3) is 0.167. The van der Waals surface area contributed by atoms with Crippen LogP contribution in [0.25, 0.3) is 11.3 Å². The first kappa shape index (κ1) is 5.97. The number of nitrogens with zero attached hydrogens (tertiary/aromatic N) is 2. The second-order valence-electron chi connectivity index (χ2n) is 3.50. The molecule has 4 N–H and O–H groups in total. The first-order valence-corrected chi connectivity index (χ1v) is 5.06. The molecule has 17 heavy (non-hydrogen) atoms. The minimum Gasteiger partial charge on any atom is -0.382 e. The van der Waals surface area contributed by atoms with Crippen molar-refractivity contribution >= 4 is 11.6 Å². The topological polar surface area (TPSA) is 75.9 Å². The van der Waals surface area contributed by atoms with E-state index in [-0.39, 0.29) is 17.3 Å². The zero-order valence-electron chi connectivity index (χ0n) is 13.8. The Hall–Kier alpha value is -2.14. The van der Waals surface area contributed by atoms with Crippen molar-refractivity contribution in [3.63, 3.8) is 0 Å². The van der Waals surface area contributed by atoms with Crippen LogP contribution >= 0.6 is 0 Å². The number of nitrogens with one attached hydrogen (secondary N) is 2. The van der Waals surface area contributed by atoms with Crippen molar-refractivity contribution < 1.29 is 6.94 Å². The SMILES string of the molecule is [2H]C1c2nc(-c3ccccc3)c(N)nc2N([2H])C([2H])([2H])N1[2H]. The van der Waals surface area contributed by atoms with Gasteiger partial charge in [-0.1, -0.05) is 30.3 Å². The molecule has 0 amide bonds. The van der Waals surface area contributed by atoms with Gasteiger partial charge >= 0.3 is 0 Å². The summed E-state index contributed by atoms with van der Waals surface area (Å²) in [6.07, 6.45) is 0. The Kier molecular flexibility index (Phi) is 1.41. The van der Waals surface area contributed by atoms with Gasteiger partial charge in [-0.15, -0.1) is 0 Å². The van der Waals surface area contributed by atoms with Gasteiger partial charge in [-0.25, -0.2) is 9.97 Å². The van der Waals surface area contributed by atoms with Gasteiger partial charge in [-0.2, -0.15) is 0 Å². The fourth-order valence-corrected chi connectivity index (χ4v) is 1.60. The number of aromatic nitrogens is 2. The summed E-state index contributed by atoms with van der Waals surface area (Å²) in [7, 11) is 0. The predicted molar refractivity (Wildman–Crippen MR) is 67.2 cm³/mol. The number of hydrogen-bond donors (Lipinski definition) is 3. The molecule has 1 aromatic heterocycles. The van der Waals surface area contributed by atoms with Gasteiger partial charge in [0.25, 0.3) is 0 Å². The Morgan fingerprint density at radius 1 is 1.29 bits per heavy atom. The number of anilines is 2. The second-order valence-corrected chi connectivity index (χ2v) is 3.50. The molecule has 0 radical (unpaired) electrons. The van der Waals surface area contributed by atoms with E-state index >= 15 is 0 Å². The van der Waals surface area contributed by atoms with Gasteiger partial charge in [-0.05, 0) is 0 Å². The molecule has 86 valence electrons. The molecule has 0 bridgehead atoms. The molecular formula is C12H13N5. The first-order chi connectivity index (χ1) is 10.3. The third kappa shape index (κ3) is 1.81. The molecule has 3 rings (SSSR count). The van der Waals surface area contributed by atoms with Crippen LogP contribution in [0.15, 0.2) is 30.3 Å². The molecule has 1 atom stereocenters. The minimum atomic E-state index is -2.49. The molecule has 0 saturated carbocycles. The molecular weight excluding hydrogens is 214 g/mol. The molecule has 0 spiro atoms. The minimum absolute atomic E-state index is 0.0215. The summed E-state index contributed by atoms with van der Waals surface area (Å²) in [5.74, 6) is -0.102. The van der Waals surface area contributed by atoms with Crippen molar-refractivity contribution in [2.75, 3.05) is 17.7 Å². The Morgan fingerprint density at radius 3 is 2.94 bits per heavy atom. The lowest BCUT2D eigenvalue weighted by Gasteiger charge is -2.18. The van der Waals surface area contributed by atoms with Crippen molar-refractivity contribution in [1.82, 2.24) is 15.3 Å². The Bertz CT molecular complexity index is 711. The van der Waals surface area contributed by atoms with E-state index < -0.39 is 13.1 Å². The zero-order chi connectivity index (χ0) is 16.1. The molecule has 5 nitrogen and oxygen atoms in total. The summed E-state index contributed by atoms with van der Waals surface area (Å²) in [6, 6.07) is 9.01. The maximum Gasteiger partial charge on any atom is 0.163 e. The first-order valence-electron chi connectivity index (χ1n) is 7.53. The molecule has 0 fully saturated rings.